The fourth-order valence-corrected chi connectivity index (χ4v) is 3.75. The monoisotopic (exact) mass is 400 g/mol. The van der Waals surface area contributed by atoms with Crippen LogP contribution in [0.4, 0.5) is 20.7 Å². The predicted molar refractivity (Wildman–Crippen MR) is 106 cm³/mol. The first kappa shape index (κ1) is 19.4. The van der Waals surface area contributed by atoms with E-state index in [4.69, 9.17) is 9.47 Å². The standard InChI is InChI=1S/C21H25FN4O3/c1-14(2)28-21(27)25-8-6-17(7-9-25)29-20-12-19(23-13-24-20)26-10-5-15-11-16(22)3-4-18(15)26/h3-4,11-14,17H,5-10H2,1-2H3. The maximum Gasteiger partial charge on any atom is 0.410 e. The number of anilines is 2. The molecular weight excluding hydrogens is 375 g/mol. The van der Waals surface area contributed by atoms with Gasteiger partial charge in [-0.1, -0.05) is 0 Å². The molecule has 1 amide bonds. The van der Waals surface area contributed by atoms with Crippen molar-refractivity contribution in [2.45, 2.75) is 45.3 Å². The lowest BCUT2D eigenvalue weighted by Crippen LogP contribution is -2.42. The van der Waals surface area contributed by atoms with Crippen LogP contribution in [0.15, 0.2) is 30.6 Å². The lowest BCUT2D eigenvalue weighted by atomic mass is 10.1. The predicted octanol–water partition coefficient (Wildman–Crippen LogP) is 3.70. The van der Waals surface area contributed by atoms with Crippen LogP contribution in [-0.2, 0) is 11.2 Å². The number of nitrogens with zero attached hydrogens (tertiary/aromatic N) is 4. The van der Waals surface area contributed by atoms with Crippen molar-refractivity contribution >= 4 is 17.6 Å². The molecule has 0 N–H and O–H groups in total. The molecule has 8 heteroatoms. The minimum atomic E-state index is -0.271. The van der Waals surface area contributed by atoms with Gasteiger partial charge in [0.15, 0.2) is 0 Å². The summed E-state index contributed by atoms with van der Waals surface area (Å²) in [5, 5.41) is 0. The quantitative estimate of drug-likeness (QED) is 0.780. The van der Waals surface area contributed by atoms with Crippen LogP contribution in [0.2, 0.25) is 0 Å². The number of benzene rings is 1. The summed E-state index contributed by atoms with van der Waals surface area (Å²) in [4.78, 5) is 24.4. The second-order valence-electron chi connectivity index (χ2n) is 7.63. The van der Waals surface area contributed by atoms with Crippen molar-refractivity contribution in [2.75, 3.05) is 24.5 Å². The van der Waals surface area contributed by atoms with Crippen LogP contribution in [-0.4, -0.2) is 52.8 Å². The van der Waals surface area contributed by atoms with Crippen molar-refractivity contribution in [2.24, 2.45) is 0 Å². The first-order valence-corrected chi connectivity index (χ1v) is 10.00. The van der Waals surface area contributed by atoms with Gasteiger partial charge in [0.25, 0.3) is 0 Å². The molecule has 3 heterocycles. The fraction of sp³-hybridized carbons (Fsp3) is 0.476. The molecule has 1 aromatic carbocycles. The molecule has 0 bridgehead atoms. The molecule has 0 unspecified atom stereocenters. The van der Waals surface area contributed by atoms with Gasteiger partial charge in [0.2, 0.25) is 5.88 Å². The summed E-state index contributed by atoms with van der Waals surface area (Å²) in [6, 6.07) is 6.64. The molecule has 0 spiro atoms. The van der Waals surface area contributed by atoms with Crippen molar-refractivity contribution in [3.63, 3.8) is 0 Å². The van der Waals surface area contributed by atoms with Crippen LogP contribution < -0.4 is 9.64 Å². The maximum absolute atomic E-state index is 13.5. The molecule has 1 fully saturated rings. The molecule has 4 rings (SSSR count). The smallest absolute Gasteiger partial charge is 0.410 e. The van der Waals surface area contributed by atoms with Gasteiger partial charge in [0.1, 0.15) is 24.1 Å². The minimum Gasteiger partial charge on any atom is -0.474 e. The largest absolute Gasteiger partial charge is 0.474 e. The van der Waals surface area contributed by atoms with Crippen LogP contribution in [0.1, 0.15) is 32.3 Å². The van der Waals surface area contributed by atoms with Gasteiger partial charge in [-0.15, -0.1) is 0 Å². The summed E-state index contributed by atoms with van der Waals surface area (Å²) in [6.45, 7) is 5.62. The zero-order valence-electron chi connectivity index (χ0n) is 16.7. The van der Waals surface area contributed by atoms with E-state index in [9.17, 15) is 9.18 Å². The second kappa shape index (κ2) is 8.23. The Bertz CT molecular complexity index is 884. The molecule has 154 valence electrons. The van der Waals surface area contributed by atoms with Crippen LogP contribution in [0, 0.1) is 5.82 Å². The maximum atomic E-state index is 13.5. The van der Waals surface area contributed by atoms with Crippen molar-refractivity contribution in [3.8, 4) is 5.88 Å². The third-order valence-corrected chi connectivity index (χ3v) is 5.17. The number of ether oxygens (including phenoxy) is 2. The van der Waals surface area contributed by atoms with E-state index < -0.39 is 0 Å². The Balaban J connectivity index is 1.38. The second-order valence-corrected chi connectivity index (χ2v) is 7.63. The molecule has 0 saturated carbocycles. The lowest BCUT2D eigenvalue weighted by Gasteiger charge is -2.31. The Kier molecular flexibility index (Phi) is 5.51. The van der Waals surface area contributed by atoms with Gasteiger partial charge >= 0.3 is 6.09 Å². The molecule has 1 saturated heterocycles. The summed E-state index contributed by atoms with van der Waals surface area (Å²) in [5.41, 5.74) is 1.94. The Morgan fingerprint density at radius 2 is 1.97 bits per heavy atom. The number of piperidine rings is 1. The highest BCUT2D eigenvalue weighted by atomic mass is 19.1. The number of carbonyl (C=O) groups is 1. The van der Waals surface area contributed by atoms with E-state index in [0.29, 0.717) is 19.0 Å². The Morgan fingerprint density at radius 3 is 2.72 bits per heavy atom. The van der Waals surface area contributed by atoms with Crippen molar-refractivity contribution in [1.29, 1.82) is 0 Å². The Morgan fingerprint density at radius 1 is 1.17 bits per heavy atom. The first-order chi connectivity index (χ1) is 14.0. The van der Waals surface area contributed by atoms with E-state index in [-0.39, 0.29) is 24.1 Å². The highest BCUT2D eigenvalue weighted by Gasteiger charge is 2.26. The van der Waals surface area contributed by atoms with Crippen LogP contribution in [0.25, 0.3) is 0 Å². The van der Waals surface area contributed by atoms with Gasteiger partial charge in [-0.05, 0) is 44.0 Å². The zero-order valence-corrected chi connectivity index (χ0v) is 16.7. The highest BCUT2D eigenvalue weighted by molar-refractivity contribution is 5.68. The lowest BCUT2D eigenvalue weighted by molar-refractivity contribution is 0.0507. The number of carbonyl (C=O) groups excluding carboxylic acids is 1. The summed E-state index contributed by atoms with van der Waals surface area (Å²) in [6.07, 6.45) is 3.30. The number of halogens is 1. The number of aromatic nitrogens is 2. The van der Waals surface area contributed by atoms with Gasteiger partial charge < -0.3 is 19.3 Å². The van der Waals surface area contributed by atoms with E-state index in [2.05, 4.69) is 9.97 Å². The SMILES string of the molecule is CC(C)OC(=O)N1CCC(Oc2cc(N3CCc4cc(F)ccc43)ncn2)CC1. The molecule has 2 aliphatic rings. The van der Waals surface area contributed by atoms with Gasteiger partial charge in [0.05, 0.1) is 6.10 Å². The molecule has 2 aliphatic heterocycles. The Labute approximate surface area is 169 Å². The number of fused-ring (bicyclic) bond motifs is 1. The van der Waals surface area contributed by atoms with Gasteiger partial charge in [-0.3, -0.25) is 0 Å². The number of likely N-dealkylation sites (tertiary alicyclic amines) is 1. The third kappa shape index (κ3) is 4.41. The summed E-state index contributed by atoms with van der Waals surface area (Å²) < 4.78 is 24.8. The number of hydrogen-bond acceptors (Lipinski definition) is 6. The average molecular weight is 400 g/mol. The first-order valence-electron chi connectivity index (χ1n) is 10.00. The molecule has 0 radical (unpaired) electrons. The highest BCUT2D eigenvalue weighted by Crippen LogP contribution is 2.34. The van der Waals surface area contributed by atoms with Crippen LogP contribution >= 0.6 is 0 Å². The van der Waals surface area contributed by atoms with E-state index >= 15 is 0 Å². The summed E-state index contributed by atoms with van der Waals surface area (Å²) in [5.74, 6) is 1.02. The van der Waals surface area contributed by atoms with E-state index in [1.165, 1.54) is 12.4 Å². The van der Waals surface area contributed by atoms with Crippen LogP contribution in [0.3, 0.4) is 0 Å². The van der Waals surface area contributed by atoms with E-state index in [1.807, 2.05) is 24.8 Å². The third-order valence-electron chi connectivity index (χ3n) is 5.17. The molecule has 0 atom stereocenters. The number of rotatable bonds is 4. The molecule has 0 aliphatic carbocycles. The topological polar surface area (TPSA) is 67.8 Å². The number of hydrogen-bond donors (Lipinski definition) is 0. The molecule has 1 aromatic heterocycles. The number of amides is 1. The molecule has 7 nitrogen and oxygen atoms in total. The fourth-order valence-electron chi connectivity index (χ4n) is 3.75. The van der Waals surface area contributed by atoms with E-state index in [1.54, 1.807) is 17.0 Å². The average Bonchev–Trinajstić information content (AvgIpc) is 3.11. The van der Waals surface area contributed by atoms with Crippen LogP contribution in [0.5, 0.6) is 5.88 Å². The van der Waals surface area contributed by atoms with Gasteiger partial charge in [0, 0.05) is 44.2 Å². The molecule has 29 heavy (non-hydrogen) atoms. The van der Waals surface area contributed by atoms with E-state index in [0.717, 1.165) is 42.9 Å². The van der Waals surface area contributed by atoms with Gasteiger partial charge in [-0.25, -0.2) is 19.2 Å². The molecular formula is C21H25FN4O3. The van der Waals surface area contributed by atoms with Crippen molar-refractivity contribution in [3.05, 3.63) is 42.0 Å². The Hall–Kier alpha value is -2.90. The van der Waals surface area contributed by atoms with Crippen molar-refractivity contribution < 1.29 is 18.7 Å². The summed E-state index contributed by atoms with van der Waals surface area (Å²) >= 11 is 0. The molecule has 2 aromatic rings. The van der Waals surface area contributed by atoms with Crippen molar-refractivity contribution in [1.82, 2.24) is 14.9 Å². The van der Waals surface area contributed by atoms with Gasteiger partial charge in [-0.2, -0.15) is 0 Å². The normalized spacial score (nSPS) is 16.8. The zero-order chi connectivity index (χ0) is 20.4. The minimum absolute atomic E-state index is 0.0131. The summed E-state index contributed by atoms with van der Waals surface area (Å²) in [7, 11) is 0.